The van der Waals surface area contributed by atoms with Crippen molar-refractivity contribution in [3.8, 4) is 0 Å². The predicted octanol–water partition coefficient (Wildman–Crippen LogP) is 2.88. The number of nitrogens with two attached hydrogens (primary N) is 1. The first-order chi connectivity index (χ1) is 10.5. The largest absolute Gasteiger partial charge is 0.465 e. The zero-order valence-electron chi connectivity index (χ0n) is 12.1. The van der Waals surface area contributed by atoms with Crippen molar-refractivity contribution in [1.82, 2.24) is 9.97 Å². The summed E-state index contributed by atoms with van der Waals surface area (Å²) < 4.78 is 5.53. The fraction of sp³-hybridized carbons (Fsp3) is 0.133. The Hall–Kier alpha value is -2.67. The van der Waals surface area contributed by atoms with E-state index in [1.54, 1.807) is 29.8 Å². The summed E-state index contributed by atoms with van der Waals surface area (Å²) in [4.78, 5) is 28.7. The van der Waals surface area contributed by atoms with Crippen LogP contribution in [-0.2, 0) is 4.74 Å². The van der Waals surface area contributed by atoms with E-state index in [2.05, 4.69) is 14.7 Å². The number of nitrogens with one attached hydrogen (secondary N) is 1. The van der Waals surface area contributed by atoms with Crippen LogP contribution in [0.2, 0.25) is 0 Å². The number of rotatable bonds is 2. The first-order valence-corrected chi connectivity index (χ1v) is 7.26. The van der Waals surface area contributed by atoms with Crippen molar-refractivity contribution < 1.29 is 14.3 Å². The van der Waals surface area contributed by atoms with Gasteiger partial charge in [0.1, 0.15) is 5.65 Å². The Morgan fingerprint density at radius 2 is 2.09 bits per heavy atom. The third kappa shape index (κ3) is 3.70. The first kappa shape index (κ1) is 15.7. The summed E-state index contributed by atoms with van der Waals surface area (Å²) in [6.07, 6.45) is 0. The Morgan fingerprint density at radius 1 is 1.32 bits per heavy atom. The molecule has 0 spiro atoms. The number of hydrogen-bond acceptors (Lipinski definition) is 6. The second-order valence-electron chi connectivity index (χ2n) is 4.42. The van der Waals surface area contributed by atoms with Crippen LogP contribution in [0.4, 0.5) is 5.69 Å². The lowest BCUT2D eigenvalue weighted by atomic mass is 10.2. The molecule has 0 aliphatic carbocycles. The van der Waals surface area contributed by atoms with Crippen LogP contribution in [-0.4, -0.2) is 28.8 Å². The molecule has 0 atom stereocenters. The molecular weight excluding hydrogens is 302 g/mol. The lowest BCUT2D eigenvalue weighted by Gasteiger charge is -1.98. The van der Waals surface area contributed by atoms with Gasteiger partial charge in [0.25, 0.3) is 0 Å². The number of aromatic amines is 1. The number of esters is 1. The first-order valence-electron chi connectivity index (χ1n) is 6.38. The Labute approximate surface area is 130 Å². The van der Waals surface area contributed by atoms with Crippen LogP contribution < -0.4 is 5.73 Å². The summed E-state index contributed by atoms with van der Waals surface area (Å²) in [6, 6.07) is 8.48. The lowest BCUT2D eigenvalue weighted by molar-refractivity contribution is 0.0600. The number of methoxy groups -OCH3 is 1. The number of carbonyl (C=O) groups excluding carboxylic acids is 2. The van der Waals surface area contributed by atoms with E-state index in [1.807, 2.05) is 6.07 Å². The summed E-state index contributed by atoms with van der Waals surface area (Å²) in [5.41, 5.74) is 9.68. The quantitative estimate of drug-likeness (QED) is 0.430. The molecule has 1 aromatic carbocycles. The highest BCUT2D eigenvalue weighted by Crippen LogP contribution is 2.18. The van der Waals surface area contributed by atoms with Gasteiger partial charge in [0, 0.05) is 12.6 Å². The predicted molar refractivity (Wildman–Crippen MR) is 86.2 cm³/mol. The van der Waals surface area contributed by atoms with Gasteiger partial charge in [-0.3, -0.25) is 4.79 Å². The maximum Gasteiger partial charge on any atom is 0.337 e. The number of aromatic nitrogens is 2. The number of benzene rings is 1. The molecule has 114 valence electrons. The van der Waals surface area contributed by atoms with Gasteiger partial charge in [-0.25, -0.2) is 9.78 Å². The number of nitrogens with zero attached hydrogens (tertiary/aromatic N) is 1. The van der Waals surface area contributed by atoms with Crippen LogP contribution in [0.1, 0.15) is 27.8 Å². The fourth-order valence-corrected chi connectivity index (χ4v) is 2.39. The molecule has 0 aliphatic heterocycles. The van der Waals surface area contributed by atoms with Crippen molar-refractivity contribution >= 4 is 39.1 Å². The molecule has 2 aromatic heterocycles. The highest BCUT2D eigenvalue weighted by molar-refractivity contribution is 7.16. The SMILES string of the molecule is CC(=O)c1cc2scnc2[nH]1.COC(=O)c1cccc(N)c1. The molecular formula is C15H15N3O3S. The number of carbonyl (C=O) groups is 2. The van der Waals surface area contributed by atoms with Crippen molar-refractivity contribution in [2.45, 2.75) is 6.92 Å². The van der Waals surface area contributed by atoms with Gasteiger partial charge in [-0.1, -0.05) is 6.07 Å². The molecule has 6 nitrogen and oxygen atoms in total. The summed E-state index contributed by atoms with van der Waals surface area (Å²) >= 11 is 1.53. The minimum atomic E-state index is -0.364. The van der Waals surface area contributed by atoms with E-state index in [4.69, 9.17) is 5.73 Å². The average molecular weight is 317 g/mol. The standard InChI is InChI=1S/C8H9NO2.C7H6N2OS/c1-11-8(10)6-3-2-4-7(9)5-6;1-4(10)5-2-6-7(9-5)8-3-11-6/h2-5H,9H2,1H3;2-3,9H,1H3. The maximum absolute atomic E-state index is 10.9. The van der Waals surface area contributed by atoms with E-state index in [1.165, 1.54) is 25.4 Å². The molecule has 0 aliphatic rings. The van der Waals surface area contributed by atoms with E-state index in [0.29, 0.717) is 16.9 Å². The van der Waals surface area contributed by atoms with Crippen molar-refractivity contribution in [2.75, 3.05) is 12.8 Å². The van der Waals surface area contributed by atoms with Crippen molar-refractivity contribution in [3.05, 3.63) is 47.1 Å². The molecule has 3 rings (SSSR count). The van der Waals surface area contributed by atoms with Gasteiger partial charge >= 0.3 is 5.97 Å². The molecule has 0 radical (unpaired) electrons. The Morgan fingerprint density at radius 3 is 2.68 bits per heavy atom. The lowest BCUT2D eigenvalue weighted by Crippen LogP contribution is -2.01. The zero-order chi connectivity index (χ0) is 16.1. The van der Waals surface area contributed by atoms with Gasteiger partial charge in [0.15, 0.2) is 5.78 Å². The summed E-state index contributed by atoms with van der Waals surface area (Å²) in [5, 5.41) is 0. The van der Waals surface area contributed by atoms with Crippen LogP contribution in [0.15, 0.2) is 35.8 Å². The van der Waals surface area contributed by atoms with Crippen LogP contribution in [0.5, 0.6) is 0 Å². The number of hydrogen-bond donors (Lipinski definition) is 2. The van der Waals surface area contributed by atoms with Crippen molar-refractivity contribution in [3.63, 3.8) is 0 Å². The minimum absolute atomic E-state index is 0.0511. The molecule has 2 heterocycles. The molecule has 3 aromatic rings. The smallest absolute Gasteiger partial charge is 0.337 e. The van der Waals surface area contributed by atoms with E-state index < -0.39 is 0 Å². The highest BCUT2D eigenvalue weighted by Gasteiger charge is 2.05. The van der Waals surface area contributed by atoms with E-state index in [9.17, 15) is 9.59 Å². The fourth-order valence-electron chi connectivity index (χ4n) is 1.72. The van der Waals surface area contributed by atoms with Crippen LogP contribution >= 0.6 is 11.3 Å². The second kappa shape index (κ2) is 6.86. The number of fused-ring (bicyclic) bond motifs is 1. The summed E-state index contributed by atoms with van der Waals surface area (Å²) in [7, 11) is 1.34. The summed E-state index contributed by atoms with van der Waals surface area (Å²) in [6.45, 7) is 1.54. The van der Waals surface area contributed by atoms with Crippen molar-refractivity contribution in [1.29, 1.82) is 0 Å². The molecule has 3 N–H and O–H groups in total. The minimum Gasteiger partial charge on any atom is -0.465 e. The molecule has 0 saturated carbocycles. The summed E-state index contributed by atoms with van der Waals surface area (Å²) in [5.74, 6) is -0.312. The zero-order valence-corrected chi connectivity index (χ0v) is 12.9. The van der Waals surface area contributed by atoms with Gasteiger partial charge in [-0.05, 0) is 24.3 Å². The van der Waals surface area contributed by atoms with Crippen LogP contribution in [0.3, 0.4) is 0 Å². The number of nitrogen functional groups attached to an aromatic ring is 1. The third-order valence-corrected chi connectivity index (χ3v) is 3.59. The van der Waals surface area contributed by atoms with Gasteiger partial charge < -0.3 is 15.5 Å². The van der Waals surface area contributed by atoms with Gasteiger partial charge in [-0.2, -0.15) is 0 Å². The Balaban J connectivity index is 0.000000160. The third-order valence-electron chi connectivity index (χ3n) is 2.81. The van der Waals surface area contributed by atoms with Crippen LogP contribution in [0.25, 0.3) is 10.3 Å². The van der Waals surface area contributed by atoms with Crippen molar-refractivity contribution in [2.24, 2.45) is 0 Å². The number of Topliss-reactive ketones (excluding diaryl/α,β-unsaturated/α-hetero) is 1. The van der Waals surface area contributed by atoms with E-state index >= 15 is 0 Å². The number of thiazole rings is 1. The Kier molecular flexibility index (Phi) is 4.90. The second-order valence-corrected chi connectivity index (χ2v) is 5.31. The molecule has 0 bridgehead atoms. The molecule has 7 heteroatoms. The van der Waals surface area contributed by atoms with Gasteiger partial charge in [-0.15, -0.1) is 11.3 Å². The maximum atomic E-state index is 10.9. The van der Waals surface area contributed by atoms with Crippen LogP contribution in [0, 0.1) is 0 Å². The van der Waals surface area contributed by atoms with E-state index in [0.717, 1.165) is 10.3 Å². The Bertz CT molecular complexity index is 779. The normalized spacial score (nSPS) is 9.91. The number of anilines is 1. The van der Waals surface area contributed by atoms with Gasteiger partial charge in [0.05, 0.1) is 28.6 Å². The topological polar surface area (TPSA) is 98.1 Å². The monoisotopic (exact) mass is 317 g/mol. The molecule has 0 unspecified atom stereocenters. The average Bonchev–Trinajstić information content (AvgIpc) is 3.08. The molecule has 0 fully saturated rings. The highest BCUT2D eigenvalue weighted by atomic mass is 32.1. The number of ketones is 1. The van der Waals surface area contributed by atoms with Gasteiger partial charge in [0.2, 0.25) is 0 Å². The van der Waals surface area contributed by atoms with E-state index in [-0.39, 0.29) is 11.8 Å². The molecule has 0 saturated heterocycles. The number of H-pyrrole nitrogens is 1. The molecule has 22 heavy (non-hydrogen) atoms. The number of ether oxygens (including phenoxy) is 1. The molecule has 0 amide bonds.